The standard InChI is InChI=1S/C16H21N5O2S2/c1-20(9-14(22)17-11-5-6-11)15(23)10-25-16-19-18-13(21(16)2)8-12-4-3-7-24-12/h3-4,7,11H,5-6,8-10H2,1-2H3,(H,17,22). The van der Waals surface area contributed by atoms with Gasteiger partial charge in [-0.3, -0.25) is 9.59 Å². The third-order valence-corrected chi connectivity index (χ3v) is 5.79. The summed E-state index contributed by atoms with van der Waals surface area (Å²) in [5.74, 6) is 0.909. The average molecular weight is 380 g/mol. The Kier molecular flexibility index (Phi) is 5.74. The second kappa shape index (κ2) is 8.01. The largest absolute Gasteiger partial charge is 0.352 e. The molecule has 0 saturated heterocycles. The molecule has 0 unspecified atom stereocenters. The predicted octanol–water partition coefficient (Wildman–Crippen LogP) is 1.30. The molecule has 0 aromatic carbocycles. The van der Waals surface area contributed by atoms with E-state index in [0.717, 1.165) is 25.1 Å². The maximum atomic E-state index is 12.2. The lowest BCUT2D eigenvalue weighted by Crippen LogP contribution is -2.39. The summed E-state index contributed by atoms with van der Waals surface area (Å²) in [5, 5.41) is 14.0. The van der Waals surface area contributed by atoms with Crippen molar-refractivity contribution in [3.8, 4) is 0 Å². The number of nitrogens with one attached hydrogen (secondary N) is 1. The molecule has 1 aliphatic carbocycles. The van der Waals surface area contributed by atoms with Gasteiger partial charge in [0.05, 0.1) is 12.3 Å². The van der Waals surface area contributed by atoms with Crippen molar-refractivity contribution in [2.45, 2.75) is 30.5 Å². The molecule has 0 aliphatic heterocycles. The van der Waals surface area contributed by atoms with Crippen LogP contribution in [0, 0.1) is 0 Å². The predicted molar refractivity (Wildman–Crippen MR) is 97.7 cm³/mol. The van der Waals surface area contributed by atoms with Gasteiger partial charge in [-0.1, -0.05) is 17.8 Å². The maximum Gasteiger partial charge on any atom is 0.239 e. The summed E-state index contributed by atoms with van der Waals surface area (Å²) in [5.41, 5.74) is 0. The van der Waals surface area contributed by atoms with E-state index in [1.54, 1.807) is 18.4 Å². The van der Waals surface area contributed by atoms with Crippen molar-refractivity contribution in [1.82, 2.24) is 25.0 Å². The van der Waals surface area contributed by atoms with Crippen LogP contribution in [0.15, 0.2) is 22.7 Å². The van der Waals surface area contributed by atoms with Gasteiger partial charge >= 0.3 is 0 Å². The highest BCUT2D eigenvalue weighted by Gasteiger charge is 2.24. The molecule has 1 fully saturated rings. The number of rotatable bonds is 8. The monoisotopic (exact) mass is 379 g/mol. The van der Waals surface area contributed by atoms with Crippen LogP contribution in [0.2, 0.25) is 0 Å². The smallest absolute Gasteiger partial charge is 0.239 e. The van der Waals surface area contributed by atoms with E-state index in [1.165, 1.54) is 21.5 Å². The van der Waals surface area contributed by atoms with Crippen molar-refractivity contribution in [3.05, 3.63) is 28.2 Å². The molecule has 1 saturated carbocycles. The second-order valence-corrected chi connectivity index (χ2v) is 8.07. The fraction of sp³-hybridized carbons (Fsp3) is 0.500. The van der Waals surface area contributed by atoms with E-state index in [-0.39, 0.29) is 24.1 Å². The Hall–Kier alpha value is -1.87. The zero-order valence-corrected chi connectivity index (χ0v) is 15.9. The fourth-order valence-corrected chi connectivity index (χ4v) is 3.81. The highest BCUT2D eigenvalue weighted by molar-refractivity contribution is 7.99. The van der Waals surface area contributed by atoms with E-state index in [9.17, 15) is 9.59 Å². The number of likely N-dealkylation sites (N-methyl/N-ethyl adjacent to an activating group) is 1. The molecule has 2 heterocycles. The van der Waals surface area contributed by atoms with Gasteiger partial charge in [0.15, 0.2) is 5.16 Å². The topological polar surface area (TPSA) is 80.1 Å². The molecule has 0 bridgehead atoms. The van der Waals surface area contributed by atoms with E-state index in [0.29, 0.717) is 11.2 Å². The van der Waals surface area contributed by atoms with E-state index >= 15 is 0 Å². The molecule has 2 aromatic heterocycles. The zero-order chi connectivity index (χ0) is 17.8. The summed E-state index contributed by atoms with van der Waals surface area (Å²) in [4.78, 5) is 26.6. The van der Waals surface area contributed by atoms with Gasteiger partial charge in [-0.2, -0.15) is 0 Å². The van der Waals surface area contributed by atoms with Gasteiger partial charge in [0, 0.05) is 31.4 Å². The summed E-state index contributed by atoms with van der Waals surface area (Å²) in [6.45, 7) is 0.0956. The van der Waals surface area contributed by atoms with Crippen molar-refractivity contribution in [2.24, 2.45) is 7.05 Å². The normalized spacial score (nSPS) is 13.7. The second-order valence-electron chi connectivity index (χ2n) is 6.09. The van der Waals surface area contributed by atoms with Crippen LogP contribution in [-0.4, -0.2) is 56.9 Å². The molecule has 25 heavy (non-hydrogen) atoms. The van der Waals surface area contributed by atoms with E-state index < -0.39 is 0 Å². The van der Waals surface area contributed by atoms with Gasteiger partial charge in [0.2, 0.25) is 11.8 Å². The molecule has 0 radical (unpaired) electrons. The minimum Gasteiger partial charge on any atom is -0.352 e. The van der Waals surface area contributed by atoms with Gasteiger partial charge in [0.25, 0.3) is 0 Å². The quantitative estimate of drug-likeness (QED) is 0.699. The molecule has 134 valence electrons. The Morgan fingerprint density at radius 1 is 1.44 bits per heavy atom. The van der Waals surface area contributed by atoms with Crippen LogP contribution in [0.3, 0.4) is 0 Å². The molecule has 1 N–H and O–H groups in total. The van der Waals surface area contributed by atoms with Crippen LogP contribution in [0.4, 0.5) is 0 Å². The number of carbonyl (C=O) groups is 2. The fourth-order valence-electron chi connectivity index (χ4n) is 2.23. The van der Waals surface area contributed by atoms with Crippen LogP contribution in [-0.2, 0) is 23.1 Å². The Balaban J connectivity index is 1.48. The molecule has 3 rings (SSSR count). The maximum absolute atomic E-state index is 12.2. The van der Waals surface area contributed by atoms with Crippen molar-refractivity contribution < 1.29 is 9.59 Å². The van der Waals surface area contributed by atoms with Gasteiger partial charge in [-0.25, -0.2) is 0 Å². The number of carbonyl (C=O) groups excluding carboxylic acids is 2. The molecule has 9 heteroatoms. The molecule has 0 atom stereocenters. The minimum atomic E-state index is -0.0984. The lowest BCUT2D eigenvalue weighted by molar-refractivity contribution is -0.132. The number of nitrogens with zero attached hydrogens (tertiary/aromatic N) is 4. The zero-order valence-electron chi connectivity index (χ0n) is 14.3. The third kappa shape index (κ3) is 5.05. The molecule has 2 amide bonds. The first-order valence-corrected chi connectivity index (χ1v) is 9.96. The first kappa shape index (κ1) is 17.9. The number of hydrogen-bond acceptors (Lipinski definition) is 6. The first-order valence-electron chi connectivity index (χ1n) is 8.09. The third-order valence-electron chi connectivity index (χ3n) is 3.91. The molecule has 0 spiro atoms. The molecule has 2 aromatic rings. The molecular weight excluding hydrogens is 358 g/mol. The van der Waals surface area contributed by atoms with Crippen molar-refractivity contribution >= 4 is 34.9 Å². The first-order chi connectivity index (χ1) is 12.0. The molecule has 7 nitrogen and oxygen atoms in total. The van der Waals surface area contributed by atoms with Gasteiger partial charge in [-0.15, -0.1) is 21.5 Å². The average Bonchev–Trinajstić information content (AvgIpc) is 3.11. The number of aromatic nitrogens is 3. The van der Waals surface area contributed by atoms with Crippen molar-refractivity contribution in [3.63, 3.8) is 0 Å². The van der Waals surface area contributed by atoms with Crippen LogP contribution in [0.25, 0.3) is 0 Å². The summed E-state index contributed by atoms with van der Waals surface area (Å²) in [7, 11) is 3.55. The van der Waals surface area contributed by atoms with Gasteiger partial charge in [-0.05, 0) is 24.3 Å². The van der Waals surface area contributed by atoms with Crippen LogP contribution in [0.5, 0.6) is 0 Å². The van der Waals surface area contributed by atoms with Crippen LogP contribution < -0.4 is 5.32 Å². The Morgan fingerprint density at radius 2 is 2.24 bits per heavy atom. The molecular formula is C16H21N5O2S2. The Bertz CT molecular complexity index is 740. The van der Waals surface area contributed by atoms with Crippen molar-refractivity contribution in [1.29, 1.82) is 0 Å². The number of hydrogen-bond donors (Lipinski definition) is 1. The highest BCUT2D eigenvalue weighted by Crippen LogP contribution is 2.20. The van der Waals surface area contributed by atoms with Crippen LogP contribution >= 0.6 is 23.1 Å². The number of amides is 2. The number of thiophene rings is 1. The van der Waals surface area contributed by atoms with E-state index in [2.05, 4.69) is 21.6 Å². The lowest BCUT2D eigenvalue weighted by Gasteiger charge is -2.16. The summed E-state index contributed by atoms with van der Waals surface area (Å²) in [6, 6.07) is 4.39. The summed E-state index contributed by atoms with van der Waals surface area (Å²) < 4.78 is 1.91. The molecule has 1 aliphatic rings. The van der Waals surface area contributed by atoms with Gasteiger partial charge < -0.3 is 14.8 Å². The Morgan fingerprint density at radius 3 is 2.92 bits per heavy atom. The Labute approximate surface area is 154 Å². The number of thioether (sulfide) groups is 1. The lowest BCUT2D eigenvalue weighted by atomic mass is 10.3. The highest BCUT2D eigenvalue weighted by atomic mass is 32.2. The van der Waals surface area contributed by atoms with E-state index in [4.69, 9.17) is 0 Å². The summed E-state index contributed by atoms with van der Waals surface area (Å²) >= 11 is 3.03. The van der Waals surface area contributed by atoms with Crippen molar-refractivity contribution in [2.75, 3.05) is 19.3 Å². The minimum absolute atomic E-state index is 0.0956. The van der Waals surface area contributed by atoms with Crippen LogP contribution in [0.1, 0.15) is 23.5 Å². The summed E-state index contributed by atoms with van der Waals surface area (Å²) in [6.07, 6.45) is 2.81. The SMILES string of the molecule is CN(CC(=O)NC1CC1)C(=O)CSc1nnc(Cc2cccs2)n1C. The van der Waals surface area contributed by atoms with E-state index in [1.807, 2.05) is 23.1 Å². The van der Waals surface area contributed by atoms with Gasteiger partial charge in [0.1, 0.15) is 5.82 Å².